The fourth-order valence-corrected chi connectivity index (χ4v) is 2.76. The Bertz CT molecular complexity index is 595. The van der Waals surface area contributed by atoms with Gasteiger partial charge in [-0.3, -0.25) is 9.59 Å². The monoisotopic (exact) mass is 316 g/mol. The number of pyridine rings is 1. The molecule has 1 saturated carbocycles. The number of amides is 1. The number of alkyl halides is 3. The van der Waals surface area contributed by atoms with Crippen LogP contribution in [0.2, 0.25) is 0 Å². The van der Waals surface area contributed by atoms with E-state index in [1.54, 1.807) is 0 Å². The molecule has 0 bridgehead atoms. The van der Waals surface area contributed by atoms with E-state index in [1.807, 2.05) is 6.92 Å². The van der Waals surface area contributed by atoms with E-state index in [-0.39, 0.29) is 6.04 Å². The second-order valence-electron chi connectivity index (χ2n) is 5.82. The van der Waals surface area contributed by atoms with E-state index in [1.165, 1.54) is 0 Å². The summed E-state index contributed by atoms with van der Waals surface area (Å²) in [4.78, 5) is 23.6. The first-order valence-corrected chi connectivity index (χ1v) is 7.34. The van der Waals surface area contributed by atoms with E-state index < -0.39 is 29.8 Å². The molecule has 1 amide bonds. The first kappa shape index (κ1) is 16.6. The normalized spacial score (nSPS) is 22.4. The number of halogens is 3. The minimum absolute atomic E-state index is 0.0303. The van der Waals surface area contributed by atoms with Crippen molar-refractivity contribution in [2.75, 3.05) is 0 Å². The van der Waals surface area contributed by atoms with Crippen LogP contribution in [0.4, 0.5) is 13.2 Å². The van der Waals surface area contributed by atoms with Crippen molar-refractivity contribution >= 4 is 5.91 Å². The largest absolute Gasteiger partial charge is 0.417 e. The standard InChI is InChI=1S/C15H19F3N2O2/c1-10-4-2-3-5-12(10)19-13(21)9-20-8-11(15(16,17)18)6-7-14(20)22/h6-8,10,12H,2-5,9H2,1H3,(H,19,21)/t10-,12-/m0/s1. The van der Waals surface area contributed by atoms with Crippen molar-refractivity contribution in [3.8, 4) is 0 Å². The molecule has 7 heteroatoms. The highest BCUT2D eigenvalue weighted by molar-refractivity contribution is 5.76. The Kier molecular flexibility index (Phi) is 4.93. The third-order valence-corrected chi connectivity index (χ3v) is 4.08. The molecule has 0 saturated heterocycles. The summed E-state index contributed by atoms with van der Waals surface area (Å²) < 4.78 is 38.7. The van der Waals surface area contributed by atoms with Crippen LogP contribution in [0.3, 0.4) is 0 Å². The van der Waals surface area contributed by atoms with Crippen LogP contribution in [0.5, 0.6) is 0 Å². The molecule has 0 radical (unpaired) electrons. The number of nitrogens with zero attached hydrogens (tertiary/aromatic N) is 1. The maximum absolute atomic E-state index is 12.6. The lowest BCUT2D eigenvalue weighted by atomic mass is 9.86. The third kappa shape index (κ3) is 4.11. The van der Waals surface area contributed by atoms with Crippen molar-refractivity contribution < 1.29 is 18.0 Å². The highest BCUT2D eigenvalue weighted by Gasteiger charge is 2.31. The molecule has 2 rings (SSSR count). The van der Waals surface area contributed by atoms with Gasteiger partial charge < -0.3 is 9.88 Å². The Labute approximate surface area is 126 Å². The number of hydrogen-bond donors (Lipinski definition) is 1. The number of aromatic nitrogens is 1. The van der Waals surface area contributed by atoms with Crippen molar-refractivity contribution in [1.29, 1.82) is 0 Å². The lowest BCUT2D eigenvalue weighted by Gasteiger charge is -2.29. The van der Waals surface area contributed by atoms with Gasteiger partial charge in [-0.15, -0.1) is 0 Å². The smallest absolute Gasteiger partial charge is 0.352 e. The Morgan fingerprint density at radius 1 is 1.32 bits per heavy atom. The van der Waals surface area contributed by atoms with Crippen LogP contribution in [-0.4, -0.2) is 16.5 Å². The molecule has 1 aromatic heterocycles. The van der Waals surface area contributed by atoms with Gasteiger partial charge in [-0.05, 0) is 24.8 Å². The van der Waals surface area contributed by atoms with Gasteiger partial charge in [-0.1, -0.05) is 19.8 Å². The van der Waals surface area contributed by atoms with Gasteiger partial charge in [0.2, 0.25) is 5.91 Å². The average molecular weight is 316 g/mol. The molecule has 2 atom stereocenters. The molecule has 22 heavy (non-hydrogen) atoms. The summed E-state index contributed by atoms with van der Waals surface area (Å²) in [6.07, 6.45) is 0.189. The van der Waals surface area contributed by atoms with E-state index in [2.05, 4.69) is 5.32 Å². The molecule has 122 valence electrons. The maximum atomic E-state index is 12.6. The lowest BCUT2D eigenvalue weighted by Crippen LogP contribution is -2.43. The molecule has 4 nitrogen and oxygen atoms in total. The second-order valence-corrected chi connectivity index (χ2v) is 5.82. The number of nitrogens with one attached hydrogen (secondary N) is 1. The van der Waals surface area contributed by atoms with Crippen LogP contribution in [0.15, 0.2) is 23.1 Å². The predicted octanol–water partition coefficient (Wildman–Crippen LogP) is 2.56. The number of carbonyl (C=O) groups excluding carboxylic acids is 1. The second kappa shape index (κ2) is 6.54. The summed E-state index contributed by atoms with van der Waals surface area (Å²) in [5.74, 6) is -0.0869. The zero-order chi connectivity index (χ0) is 16.3. The minimum atomic E-state index is -4.54. The summed E-state index contributed by atoms with van der Waals surface area (Å²) >= 11 is 0. The summed E-state index contributed by atoms with van der Waals surface area (Å²) in [6.45, 7) is 1.65. The van der Waals surface area contributed by atoms with Crippen molar-refractivity contribution in [2.45, 2.75) is 51.4 Å². The molecule has 1 aliphatic rings. The van der Waals surface area contributed by atoms with Gasteiger partial charge in [-0.2, -0.15) is 13.2 Å². The van der Waals surface area contributed by atoms with Crippen LogP contribution in [0.1, 0.15) is 38.2 Å². The van der Waals surface area contributed by atoms with Gasteiger partial charge >= 0.3 is 6.18 Å². The predicted molar refractivity (Wildman–Crippen MR) is 75.3 cm³/mol. The van der Waals surface area contributed by atoms with Crippen LogP contribution in [0, 0.1) is 5.92 Å². The van der Waals surface area contributed by atoms with Crippen molar-refractivity contribution in [3.05, 3.63) is 34.2 Å². The summed E-state index contributed by atoms with van der Waals surface area (Å²) in [5, 5.41) is 2.82. The maximum Gasteiger partial charge on any atom is 0.417 e. The van der Waals surface area contributed by atoms with E-state index in [9.17, 15) is 22.8 Å². The Balaban J connectivity index is 2.06. The minimum Gasteiger partial charge on any atom is -0.352 e. The fraction of sp³-hybridized carbons (Fsp3) is 0.600. The van der Waals surface area contributed by atoms with Gasteiger partial charge in [0.15, 0.2) is 0 Å². The van der Waals surface area contributed by atoms with E-state index in [0.29, 0.717) is 12.1 Å². The summed E-state index contributed by atoms with van der Waals surface area (Å²) in [6, 6.07) is 1.59. The van der Waals surface area contributed by atoms with Gasteiger partial charge in [0.1, 0.15) is 6.54 Å². The third-order valence-electron chi connectivity index (χ3n) is 4.08. The van der Waals surface area contributed by atoms with Crippen LogP contribution >= 0.6 is 0 Å². The fourth-order valence-electron chi connectivity index (χ4n) is 2.76. The highest BCUT2D eigenvalue weighted by Crippen LogP contribution is 2.28. The number of hydrogen-bond acceptors (Lipinski definition) is 2. The Morgan fingerprint density at radius 2 is 2.00 bits per heavy atom. The van der Waals surface area contributed by atoms with Gasteiger partial charge in [0.25, 0.3) is 5.56 Å². The highest BCUT2D eigenvalue weighted by atomic mass is 19.4. The first-order valence-electron chi connectivity index (χ1n) is 7.34. The molecular formula is C15H19F3N2O2. The van der Waals surface area contributed by atoms with Crippen LogP contribution in [-0.2, 0) is 17.5 Å². The summed E-state index contributed by atoms with van der Waals surface area (Å²) in [5.41, 5.74) is -1.56. The van der Waals surface area contributed by atoms with Crippen molar-refractivity contribution in [3.63, 3.8) is 0 Å². The van der Waals surface area contributed by atoms with E-state index >= 15 is 0 Å². The molecular weight excluding hydrogens is 297 g/mol. The summed E-state index contributed by atoms with van der Waals surface area (Å²) in [7, 11) is 0. The Morgan fingerprint density at radius 3 is 2.64 bits per heavy atom. The molecule has 1 fully saturated rings. The van der Waals surface area contributed by atoms with Crippen molar-refractivity contribution in [1.82, 2.24) is 9.88 Å². The van der Waals surface area contributed by atoms with Crippen LogP contribution < -0.4 is 10.9 Å². The molecule has 0 aromatic carbocycles. The lowest BCUT2D eigenvalue weighted by molar-refractivity contribution is -0.138. The number of rotatable bonds is 3. The van der Waals surface area contributed by atoms with E-state index in [4.69, 9.17) is 0 Å². The molecule has 0 unspecified atom stereocenters. The van der Waals surface area contributed by atoms with Gasteiger partial charge in [0, 0.05) is 18.3 Å². The zero-order valence-electron chi connectivity index (χ0n) is 12.3. The quantitative estimate of drug-likeness (QED) is 0.932. The molecule has 0 aliphatic heterocycles. The average Bonchev–Trinajstić information content (AvgIpc) is 2.42. The zero-order valence-corrected chi connectivity index (χ0v) is 12.3. The molecule has 1 aliphatic carbocycles. The van der Waals surface area contributed by atoms with Crippen LogP contribution in [0.25, 0.3) is 0 Å². The van der Waals surface area contributed by atoms with Gasteiger partial charge in [0.05, 0.1) is 5.56 Å². The Hall–Kier alpha value is -1.79. The number of carbonyl (C=O) groups is 1. The topological polar surface area (TPSA) is 51.1 Å². The van der Waals surface area contributed by atoms with E-state index in [0.717, 1.165) is 42.4 Å². The molecule has 1 aromatic rings. The molecule has 1 N–H and O–H groups in total. The van der Waals surface area contributed by atoms with Crippen molar-refractivity contribution in [2.24, 2.45) is 5.92 Å². The molecule has 0 spiro atoms. The van der Waals surface area contributed by atoms with Gasteiger partial charge in [-0.25, -0.2) is 0 Å². The molecule has 1 heterocycles. The first-order chi connectivity index (χ1) is 10.3. The SMILES string of the molecule is C[C@H]1CCCC[C@@H]1NC(=O)Cn1cc(C(F)(F)F)ccc1=O.